The molecular formula is C12H16N4O. The molecule has 0 saturated heterocycles. The second-order valence-electron chi connectivity index (χ2n) is 4.40. The van der Waals surface area contributed by atoms with E-state index in [-0.39, 0.29) is 11.6 Å². The number of rotatable bonds is 2. The number of aromatic nitrogens is 4. The van der Waals surface area contributed by atoms with Gasteiger partial charge in [-0.25, -0.2) is 9.97 Å². The van der Waals surface area contributed by atoms with Crippen LogP contribution >= 0.6 is 0 Å². The molecule has 2 aromatic rings. The Labute approximate surface area is 99.6 Å². The van der Waals surface area contributed by atoms with E-state index in [2.05, 4.69) is 28.8 Å². The third kappa shape index (κ3) is 2.00. The van der Waals surface area contributed by atoms with E-state index in [1.54, 1.807) is 19.4 Å². The lowest BCUT2D eigenvalue weighted by Gasteiger charge is -2.11. The highest BCUT2D eigenvalue weighted by Gasteiger charge is 2.11. The van der Waals surface area contributed by atoms with Gasteiger partial charge in [0.15, 0.2) is 5.82 Å². The topological polar surface area (TPSA) is 63.6 Å². The molecule has 0 aliphatic carbocycles. The molecule has 2 heterocycles. The van der Waals surface area contributed by atoms with Gasteiger partial charge in [0.1, 0.15) is 5.69 Å². The maximum Gasteiger partial charge on any atom is 0.254 e. The van der Waals surface area contributed by atoms with E-state index in [1.807, 2.05) is 11.5 Å². The van der Waals surface area contributed by atoms with Gasteiger partial charge in [0, 0.05) is 17.3 Å². The minimum Gasteiger partial charge on any atom is -0.326 e. The fourth-order valence-electron chi connectivity index (χ4n) is 1.67. The Bertz CT molecular complexity index is 595. The zero-order valence-electron chi connectivity index (χ0n) is 10.5. The number of imidazole rings is 1. The molecule has 0 aromatic carbocycles. The lowest BCUT2D eigenvalue weighted by molar-refractivity contribution is 0.603. The smallest absolute Gasteiger partial charge is 0.254 e. The molecule has 0 fully saturated rings. The van der Waals surface area contributed by atoms with Crippen molar-refractivity contribution in [3.05, 3.63) is 34.1 Å². The quantitative estimate of drug-likeness (QED) is 0.859. The second-order valence-corrected chi connectivity index (χ2v) is 4.40. The Morgan fingerprint density at radius 3 is 2.65 bits per heavy atom. The van der Waals surface area contributed by atoms with E-state index in [1.165, 1.54) is 0 Å². The lowest BCUT2D eigenvalue weighted by Crippen LogP contribution is -2.15. The molecule has 1 N–H and O–H groups in total. The van der Waals surface area contributed by atoms with E-state index >= 15 is 0 Å². The predicted octanol–water partition coefficient (Wildman–Crippen LogP) is 1.83. The number of hydrogen-bond donors (Lipinski definition) is 1. The number of nitrogens with zero attached hydrogens (tertiary/aromatic N) is 3. The molecule has 0 saturated carbocycles. The minimum atomic E-state index is -0.0935. The van der Waals surface area contributed by atoms with Crippen LogP contribution in [0.5, 0.6) is 0 Å². The summed E-state index contributed by atoms with van der Waals surface area (Å²) in [6.45, 7) is 7.73. The number of hydrogen-bond acceptors (Lipinski definition) is 3. The van der Waals surface area contributed by atoms with Gasteiger partial charge in [-0.1, -0.05) is 0 Å². The highest BCUT2D eigenvalue weighted by atomic mass is 16.1. The summed E-state index contributed by atoms with van der Waals surface area (Å²) in [5.74, 6) is 0.573. The Morgan fingerprint density at radius 2 is 2.06 bits per heavy atom. The van der Waals surface area contributed by atoms with Crippen molar-refractivity contribution < 1.29 is 0 Å². The maximum absolute atomic E-state index is 11.7. The molecule has 0 aliphatic heterocycles. The Morgan fingerprint density at radius 1 is 1.35 bits per heavy atom. The maximum atomic E-state index is 11.7. The zero-order valence-corrected chi connectivity index (χ0v) is 10.5. The molecule has 0 atom stereocenters. The van der Waals surface area contributed by atoms with Crippen LogP contribution in [0.15, 0.2) is 17.3 Å². The number of H-pyrrole nitrogens is 1. The van der Waals surface area contributed by atoms with Crippen molar-refractivity contribution in [1.29, 1.82) is 0 Å². The molecule has 5 heteroatoms. The summed E-state index contributed by atoms with van der Waals surface area (Å²) in [5.41, 5.74) is 2.15. The summed E-state index contributed by atoms with van der Waals surface area (Å²) >= 11 is 0. The number of nitrogens with one attached hydrogen (secondary N) is 1. The van der Waals surface area contributed by atoms with E-state index in [4.69, 9.17) is 0 Å². The summed E-state index contributed by atoms with van der Waals surface area (Å²) in [5, 5.41) is 0. The summed E-state index contributed by atoms with van der Waals surface area (Å²) in [4.78, 5) is 23.0. The molecule has 2 rings (SSSR count). The van der Waals surface area contributed by atoms with Crippen LogP contribution in [0.3, 0.4) is 0 Å². The molecule has 0 amide bonds. The van der Waals surface area contributed by atoms with Crippen LogP contribution in [-0.4, -0.2) is 19.5 Å². The Hall–Kier alpha value is -1.91. The second kappa shape index (κ2) is 4.16. The van der Waals surface area contributed by atoms with Gasteiger partial charge in [-0.15, -0.1) is 0 Å². The van der Waals surface area contributed by atoms with E-state index in [0.717, 1.165) is 11.4 Å². The van der Waals surface area contributed by atoms with Gasteiger partial charge in [0.25, 0.3) is 5.56 Å². The van der Waals surface area contributed by atoms with Crippen LogP contribution in [0.2, 0.25) is 0 Å². The Kier molecular flexibility index (Phi) is 2.83. The van der Waals surface area contributed by atoms with E-state index in [0.29, 0.717) is 11.4 Å². The fraction of sp³-hybridized carbons (Fsp3) is 0.417. The molecule has 0 bridgehead atoms. The number of aryl methyl sites for hydroxylation is 1. The van der Waals surface area contributed by atoms with Gasteiger partial charge in [0.2, 0.25) is 0 Å². The largest absolute Gasteiger partial charge is 0.326 e. The zero-order chi connectivity index (χ0) is 12.6. The summed E-state index contributed by atoms with van der Waals surface area (Å²) in [6.07, 6.45) is 3.46. The molecule has 5 nitrogen and oxygen atoms in total. The average Bonchev–Trinajstić information content (AvgIpc) is 2.74. The van der Waals surface area contributed by atoms with Crippen molar-refractivity contribution in [2.75, 3.05) is 0 Å². The molecular weight excluding hydrogens is 216 g/mol. The summed E-state index contributed by atoms with van der Waals surface area (Å²) in [7, 11) is 0. The third-order valence-corrected chi connectivity index (χ3v) is 2.86. The summed E-state index contributed by atoms with van der Waals surface area (Å²) < 4.78 is 1.98. The van der Waals surface area contributed by atoms with Gasteiger partial charge in [-0.2, -0.15) is 0 Å². The minimum absolute atomic E-state index is 0.0935. The van der Waals surface area contributed by atoms with Crippen LogP contribution in [-0.2, 0) is 0 Å². The monoisotopic (exact) mass is 232 g/mol. The molecule has 0 spiro atoms. The molecule has 2 aromatic heterocycles. The third-order valence-electron chi connectivity index (χ3n) is 2.86. The molecule has 0 radical (unpaired) electrons. The molecule has 90 valence electrons. The van der Waals surface area contributed by atoms with Crippen molar-refractivity contribution in [2.45, 2.75) is 33.7 Å². The molecule has 0 unspecified atom stereocenters. The fourth-order valence-corrected chi connectivity index (χ4v) is 1.67. The SMILES string of the molecule is Cc1nc(-c2cncn2C(C)C)[nH]c(=O)c1C. The van der Waals surface area contributed by atoms with Gasteiger partial charge in [-0.3, -0.25) is 4.79 Å². The normalized spacial score (nSPS) is 11.1. The first kappa shape index (κ1) is 11.6. The predicted molar refractivity (Wildman–Crippen MR) is 65.9 cm³/mol. The lowest BCUT2D eigenvalue weighted by atomic mass is 10.2. The summed E-state index contributed by atoms with van der Waals surface area (Å²) in [6, 6.07) is 0.277. The van der Waals surface area contributed by atoms with Gasteiger partial charge in [0.05, 0.1) is 12.5 Å². The van der Waals surface area contributed by atoms with Gasteiger partial charge in [-0.05, 0) is 27.7 Å². The first-order valence-electron chi connectivity index (χ1n) is 5.60. The van der Waals surface area contributed by atoms with Crippen LogP contribution < -0.4 is 5.56 Å². The first-order valence-corrected chi connectivity index (χ1v) is 5.60. The molecule has 17 heavy (non-hydrogen) atoms. The standard InChI is InChI=1S/C12H16N4O/c1-7(2)16-6-13-5-10(16)11-14-9(4)8(3)12(17)15-11/h5-7H,1-4H3,(H,14,15,17). The van der Waals surface area contributed by atoms with Crippen molar-refractivity contribution in [1.82, 2.24) is 19.5 Å². The highest BCUT2D eigenvalue weighted by Crippen LogP contribution is 2.18. The van der Waals surface area contributed by atoms with Crippen LogP contribution in [0.25, 0.3) is 11.5 Å². The van der Waals surface area contributed by atoms with Gasteiger partial charge >= 0.3 is 0 Å². The molecule has 0 aliphatic rings. The van der Waals surface area contributed by atoms with Crippen molar-refractivity contribution in [3.8, 4) is 11.5 Å². The van der Waals surface area contributed by atoms with Crippen LogP contribution in [0.1, 0.15) is 31.1 Å². The van der Waals surface area contributed by atoms with Crippen LogP contribution in [0.4, 0.5) is 0 Å². The van der Waals surface area contributed by atoms with Crippen molar-refractivity contribution in [2.24, 2.45) is 0 Å². The van der Waals surface area contributed by atoms with E-state index in [9.17, 15) is 4.79 Å². The van der Waals surface area contributed by atoms with Crippen molar-refractivity contribution in [3.63, 3.8) is 0 Å². The van der Waals surface area contributed by atoms with E-state index < -0.39 is 0 Å². The highest BCUT2D eigenvalue weighted by molar-refractivity contribution is 5.49. The Balaban J connectivity index is 2.61. The number of aromatic amines is 1. The van der Waals surface area contributed by atoms with Crippen molar-refractivity contribution >= 4 is 0 Å². The van der Waals surface area contributed by atoms with Crippen LogP contribution in [0, 0.1) is 13.8 Å². The van der Waals surface area contributed by atoms with Gasteiger partial charge < -0.3 is 9.55 Å². The first-order chi connectivity index (χ1) is 8.00. The average molecular weight is 232 g/mol.